The van der Waals surface area contributed by atoms with Gasteiger partial charge in [0, 0.05) is 18.0 Å². The van der Waals surface area contributed by atoms with E-state index in [4.69, 9.17) is 0 Å². The molecule has 2 atom stereocenters. The lowest BCUT2D eigenvalue weighted by atomic mass is 9.95. The van der Waals surface area contributed by atoms with Gasteiger partial charge in [0.15, 0.2) is 0 Å². The van der Waals surface area contributed by atoms with E-state index in [0.717, 1.165) is 38.9 Å². The predicted molar refractivity (Wildman–Crippen MR) is 80.2 cm³/mol. The molecule has 1 aromatic rings. The summed E-state index contributed by atoms with van der Waals surface area (Å²) in [5.74, 6) is 0.555. The van der Waals surface area contributed by atoms with Gasteiger partial charge in [0.05, 0.1) is 6.04 Å². The van der Waals surface area contributed by atoms with Gasteiger partial charge in [0.1, 0.15) is 5.82 Å². The van der Waals surface area contributed by atoms with Crippen molar-refractivity contribution < 1.29 is 9.18 Å². The molecule has 2 fully saturated rings. The van der Waals surface area contributed by atoms with Gasteiger partial charge in [-0.2, -0.15) is 0 Å². The molecule has 3 rings (SSSR count). The zero-order valence-electron chi connectivity index (χ0n) is 12.5. The fourth-order valence-corrected chi connectivity index (χ4v) is 3.63. The van der Waals surface area contributed by atoms with Crippen molar-refractivity contribution in [3.63, 3.8) is 0 Å². The molecule has 0 bridgehead atoms. The van der Waals surface area contributed by atoms with E-state index in [9.17, 15) is 9.18 Å². The van der Waals surface area contributed by atoms with Crippen molar-refractivity contribution in [3.8, 4) is 0 Å². The lowest BCUT2D eigenvalue weighted by Crippen LogP contribution is -2.41. The topological polar surface area (TPSA) is 32.3 Å². The third kappa shape index (κ3) is 2.95. The molecular formula is C17H23FN2O. The molecule has 1 amide bonds. The number of carbonyl (C=O) groups is 1. The van der Waals surface area contributed by atoms with Gasteiger partial charge in [-0.3, -0.25) is 4.79 Å². The Morgan fingerprint density at radius 1 is 1.29 bits per heavy atom. The Hall–Kier alpha value is -1.42. The van der Waals surface area contributed by atoms with Crippen molar-refractivity contribution in [2.45, 2.75) is 32.2 Å². The van der Waals surface area contributed by atoms with Crippen LogP contribution in [0.25, 0.3) is 0 Å². The quantitative estimate of drug-likeness (QED) is 0.908. The van der Waals surface area contributed by atoms with Crippen LogP contribution in [0.4, 0.5) is 4.39 Å². The molecule has 1 N–H and O–H groups in total. The molecule has 0 aromatic heterocycles. The highest BCUT2D eigenvalue weighted by atomic mass is 19.1. The van der Waals surface area contributed by atoms with E-state index >= 15 is 0 Å². The summed E-state index contributed by atoms with van der Waals surface area (Å²) in [6, 6.07) is 6.78. The molecule has 0 aliphatic carbocycles. The van der Waals surface area contributed by atoms with Crippen molar-refractivity contribution in [1.29, 1.82) is 0 Å². The average Bonchev–Trinajstić information content (AvgIpc) is 2.89. The third-order valence-corrected chi connectivity index (χ3v) is 4.75. The predicted octanol–water partition coefficient (Wildman–Crippen LogP) is 2.73. The summed E-state index contributed by atoms with van der Waals surface area (Å²) in [5.41, 5.74) is 0.670. The van der Waals surface area contributed by atoms with E-state index in [1.165, 1.54) is 6.07 Å². The molecule has 21 heavy (non-hydrogen) atoms. The summed E-state index contributed by atoms with van der Waals surface area (Å²) >= 11 is 0. The average molecular weight is 290 g/mol. The minimum atomic E-state index is -0.195. The molecule has 114 valence electrons. The van der Waals surface area contributed by atoms with Crippen LogP contribution in [0.2, 0.25) is 0 Å². The summed E-state index contributed by atoms with van der Waals surface area (Å²) in [6.07, 6.45) is 2.65. The molecule has 1 aromatic carbocycles. The second kappa shape index (κ2) is 6.14. The van der Waals surface area contributed by atoms with Crippen LogP contribution in [-0.2, 0) is 4.79 Å². The summed E-state index contributed by atoms with van der Waals surface area (Å²) in [4.78, 5) is 14.7. The van der Waals surface area contributed by atoms with E-state index in [1.54, 1.807) is 6.07 Å². The Morgan fingerprint density at radius 2 is 2.00 bits per heavy atom. The largest absolute Gasteiger partial charge is 0.335 e. The Labute approximate surface area is 125 Å². The molecule has 0 saturated carbocycles. The summed E-state index contributed by atoms with van der Waals surface area (Å²) < 4.78 is 14.1. The van der Waals surface area contributed by atoms with Gasteiger partial charge < -0.3 is 10.2 Å². The number of benzene rings is 1. The van der Waals surface area contributed by atoms with Crippen LogP contribution in [0.15, 0.2) is 24.3 Å². The van der Waals surface area contributed by atoms with E-state index < -0.39 is 0 Å². The van der Waals surface area contributed by atoms with Gasteiger partial charge in [-0.1, -0.05) is 25.1 Å². The Balaban J connectivity index is 1.82. The third-order valence-electron chi connectivity index (χ3n) is 4.75. The molecular weight excluding hydrogens is 267 g/mol. The van der Waals surface area contributed by atoms with Crippen LogP contribution in [0.5, 0.6) is 0 Å². The minimum absolute atomic E-state index is 0.0939. The highest BCUT2D eigenvalue weighted by molar-refractivity contribution is 5.79. The van der Waals surface area contributed by atoms with Crippen LogP contribution in [0.1, 0.15) is 37.8 Å². The molecule has 2 heterocycles. The van der Waals surface area contributed by atoms with Crippen LogP contribution >= 0.6 is 0 Å². The zero-order valence-corrected chi connectivity index (χ0v) is 12.5. The second-order valence-corrected chi connectivity index (χ2v) is 6.39. The normalized spacial score (nSPS) is 27.0. The van der Waals surface area contributed by atoms with Gasteiger partial charge in [-0.25, -0.2) is 4.39 Å². The van der Waals surface area contributed by atoms with Crippen molar-refractivity contribution in [2.75, 3.05) is 19.6 Å². The number of carbonyl (C=O) groups excluding carboxylic acids is 1. The maximum Gasteiger partial charge on any atom is 0.226 e. The summed E-state index contributed by atoms with van der Waals surface area (Å²) in [7, 11) is 0. The molecule has 2 saturated heterocycles. The number of hydrogen-bond donors (Lipinski definition) is 1. The fourth-order valence-electron chi connectivity index (χ4n) is 3.63. The molecule has 2 unspecified atom stereocenters. The molecule has 4 heteroatoms. The highest BCUT2D eigenvalue weighted by Gasteiger charge is 2.38. The Kier molecular flexibility index (Phi) is 4.24. The van der Waals surface area contributed by atoms with Crippen LogP contribution in [0.3, 0.4) is 0 Å². The summed E-state index contributed by atoms with van der Waals surface area (Å²) in [5, 5.41) is 3.29. The molecule has 0 spiro atoms. The first-order chi connectivity index (χ1) is 10.2. The fraction of sp³-hybridized carbons (Fsp3) is 0.588. The van der Waals surface area contributed by atoms with Gasteiger partial charge >= 0.3 is 0 Å². The van der Waals surface area contributed by atoms with E-state index in [0.29, 0.717) is 11.5 Å². The monoisotopic (exact) mass is 290 g/mol. The number of nitrogens with one attached hydrogen (secondary N) is 1. The number of amides is 1. The number of nitrogens with zero attached hydrogens (tertiary/aromatic N) is 1. The van der Waals surface area contributed by atoms with E-state index in [1.807, 2.05) is 17.0 Å². The minimum Gasteiger partial charge on any atom is -0.335 e. The van der Waals surface area contributed by atoms with Crippen molar-refractivity contribution in [1.82, 2.24) is 10.2 Å². The van der Waals surface area contributed by atoms with Gasteiger partial charge in [-0.05, 0) is 44.3 Å². The van der Waals surface area contributed by atoms with Crippen LogP contribution in [-0.4, -0.2) is 30.4 Å². The van der Waals surface area contributed by atoms with Gasteiger partial charge in [0.25, 0.3) is 0 Å². The standard InChI is InChI=1S/C17H23FN2O/c1-12-10-16(14-4-2-3-5-15(14)18)20(11-12)17(21)13-6-8-19-9-7-13/h2-5,12-13,16,19H,6-11H2,1H3. The Bertz CT molecular complexity index is 513. The Morgan fingerprint density at radius 3 is 2.71 bits per heavy atom. The maximum absolute atomic E-state index is 14.1. The maximum atomic E-state index is 14.1. The van der Waals surface area contributed by atoms with Crippen molar-refractivity contribution in [2.24, 2.45) is 11.8 Å². The SMILES string of the molecule is CC1CC(c2ccccc2F)N(C(=O)C2CCNCC2)C1. The van der Waals surface area contributed by atoms with E-state index in [2.05, 4.69) is 12.2 Å². The number of rotatable bonds is 2. The lowest BCUT2D eigenvalue weighted by Gasteiger charge is -2.31. The highest BCUT2D eigenvalue weighted by Crippen LogP contribution is 2.38. The second-order valence-electron chi connectivity index (χ2n) is 6.39. The lowest BCUT2D eigenvalue weighted by molar-refractivity contribution is -0.137. The first-order valence-corrected chi connectivity index (χ1v) is 7.92. The van der Waals surface area contributed by atoms with Gasteiger partial charge in [-0.15, -0.1) is 0 Å². The number of hydrogen-bond acceptors (Lipinski definition) is 2. The zero-order chi connectivity index (χ0) is 14.8. The van der Waals surface area contributed by atoms with Gasteiger partial charge in [0.2, 0.25) is 5.91 Å². The van der Waals surface area contributed by atoms with Crippen molar-refractivity contribution in [3.05, 3.63) is 35.6 Å². The van der Waals surface area contributed by atoms with Crippen molar-refractivity contribution >= 4 is 5.91 Å². The number of piperidine rings is 1. The summed E-state index contributed by atoms with van der Waals surface area (Å²) in [6.45, 7) is 4.71. The molecule has 2 aliphatic heterocycles. The smallest absolute Gasteiger partial charge is 0.226 e. The molecule has 3 nitrogen and oxygen atoms in total. The molecule has 0 radical (unpaired) electrons. The van der Waals surface area contributed by atoms with Crippen LogP contribution < -0.4 is 5.32 Å². The first kappa shape index (κ1) is 14.5. The molecule has 2 aliphatic rings. The number of likely N-dealkylation sites (tertiary alicyclic amines) is 1. The number of halogens is 1. The van der Waals surface area contributed by atoms with E-state index in [-0.39, 0.29) is 23.7 Å². The first-order valence-electron chi connectivity index (χ1n) is 7.92. The van der Waals surface area contributed by atoms with Crippen LogP contribution in [0, 0.1) is 17.7 Å².